The second-order valence-corrected chi connectivity index (χ2v) is 5.94. The third-order valence-corrected chi connectivity index (χ3v) is 3.73. The second-order valence-electron chi connectivity index (χ2n) is 5.94. The van der Waals surface area contributed by atoms with Crippen LogP contribution in [0, 0.1) is 0 Å². The Morgan fingerprint density at radius 1 is 1.17 bits per heavy atom. The molecule has 0 saturated carbocycles. The fourth-order valence-corrected chi connectivity index (χ4v) is 2.41. The minimum Gasteiger partial charge on any atom is -0.406 e. The van der Waals surface area contributed by atoms with E-state index in [-0.39, 0.29) is 5.75 Å². The van der Waals surface area contributed by atoms with Crippen LogP contribution in [0.5, 0.6) is 5.75 Å². The van der Waals surface area contributed by atoms with Gasteiger partial charge in [-0.1, -0.05) is 6.07 Å². The van der Waals surface area contributed by atoms with Crippen LogP contribution in [0.2, 0.25) is 0 Å². The maximum absolute atomic E-state index is 12.2. The summed E-state index contributed by atoms with van der Waals surface area (Å²) < 4.78 is 40.6. The first-order valence-electron chi connectivity index (χ1n) is 8.69. The minimum atomic E-state index is -4.74. The van der Waals surface area contributed by atoms with E-state index in [2.05, 4.69) is 30.0 Å². The molecule has 0 aliphatic heterocycles. The lowest BCUT2D eigenvalue weighted by Gasteiger charge is -2.10. The number of hydrogen-bond acceptors (Lipinski definition) is 7. The highest BCUT2D eigenvalue weighted by atomic mass is 19.4. The van der Waals surface area contributed by atoms with Crippen LogP contribution in [-0.4, -0.2) is 27.5 Å². The van der Waals surface area contributed by atoms with Gasteiger partial charge in [0.1, 0.15) is 17.9 Å². The zero-order chi connectivity index (χ0) is 21.4. The molecule has 0 amide bonds. The number of aromatic nitrogens is 3. The Bertz CT molecular complexity index is 1020. The lowest BCUT2D eigenvalue weighted by molar-refractivity contribution is -0.274. The Labute approximate surface area is 170 Å². The topological polar surface area (TPSA) is 98.3 Å². The third kappa shape index (κ3) is 6.30. The zero-order valence-corrected chi connectivity index (χ0v) is 15.5. The average Bonchev–Trinajstić information content (AvgIpc) is 2.73. The van der Waals surface area contributed by atoms with Gasteiger partial charge in [-0.25, -0.2) is 9.97 Å². The van der Waals surface area contributed by atoms with Crippen molar-refractivity contribution in [3.05, 3.63) is 78.6 Å². The average molecular weight is 414 g/mol. The number of nitrogens with zero attached hydrogens (tertiary/aromatic N) is 4. The molecular weight excluding hydrogens is 397 g/mol. The molecule has 0 bridgehead atoms. The highest BCUT2D eigenvalue weighted by Crippen LogP contribution is 2.25. The molecule has 3 aromatic rings. The summed E-state index contributed by atoms with van der Waals surface area (Å²) in [6, 6.07) is 10.7. The molecule has 0 saturated heterocycles. The quantitative estimate of drug-likeness (QED) is 0.565. The van der Waals surface area contributed by atoms with Crippen LogP contribution in [0.25, 0.3) is 5.57 Å². The molecule has 0 fully saturated rings. The maximum Gasteiger partial charge on any atom is 0.573 e. The maximum atomic E-state index is 12.2. The Hall–Kier alpha value is -3.95. The third-order valence-electron chi connectivity index (χ3n) is 3.73. The molecule has 0 radical (unpaired) electrons. The van der Waals surface area contributed by atoms with Gasteiger partial charge in [0.05, 0.1) is 12.2 Å². The van der Waals surface area contributed by atoms with Crippen molar-refractivity contribution in [1.82, 2.24) is 15.0 Å². The van der Waals surface area contributed by atoms with Crippen molar-refractivity contribution < 1.29 is 17.9 Å². The van der Waals surface area contributed by atoms with E-state index in [0.717, 1.165) is 5.56 Å². The fourth-order valence-electron chi connectivity index (χ4n) is 2.41. The second kappa shape index (κ2) is 9.50. The van der Waals surface area contributed by atoms with E-state index in [9.17, 15) is 13.2 Å². The Morgan fingerprint density at radius 2 is 1.97 bits per heavy atom. The Morgan fingerprint density at radius 3 is 2.63 bits per heavy atom. The number of nitrogens with one attached hydrogen (secondary N) is 1. The molecule has 0 aliphatic rings. The van der Waals surface area contributed by atoms with Crippen LogP contribution >= 0.6 is 0 Å². The Balaban J connectivity index is 1.67. The van der Waals surface area contributed by atoms with Crippen molar-refractivity contribution in [1.29, 1.82) is 0 Å². The van der Waals surface area contributed by atoms with Gasteiger partial charge in [0.2, 0.25) is 0 Å². The van der Waals surface area contributed by atoms with E-state index < -0.39 is 6.36 Å². The lowest BCUT2D eigenvalue weighted by Crippen LogP contribution is -2.16. The molecule has 3 N–H and O–H groups in total. The smallest absolute Gasteiger partial charge is 0.406 e. The van der Waals surface area contributed by atoms with E-state index in [1.807, 2.05) is 12.1 Å². The first-order chi connectivity index (χ1) is 14.4. The van der Waals surface area contributed by atoms with Crippen LogP contribution in [0.4, 0.5) is 24.7 Å². The van der Waals surface area contributed by atoms with E-state index in [1.165, 1.54) is 36.8 Å². The number of benzene rings is 1. The molecule has 2 aromatic heterocycles. The number of halogens is 3. The monoisotopic (exact) mass is 414 g/mol. The van der Waals surface area contributed by atoms with Gasteiger partial charge in [-0.15, -0.1) is 13.2 Å². The van der Waals surface area contributed by atoms with Crippen LogP contribution in [0.3, 0.4) is 0 Å². The number of nitrogens with two attached hydrogens (primary N) is 1. The van der Waals surface area contributed by atoms with Crippen LogP contribution in [0.1, 0.15) is 11.3 Å². The molecule has 0 spiro atoms. The van der Waals surface area contributed by atoms with Gasteiger partial charge in [0, 0.05) is 42.1 Å². The highest BCUT2D eigenvalue weighted by Gasteiger charge is 2.30. The van der Waals surface area contributed by atoms with Crippen molar-refractivity contribution in [2.75, 3.05) is 5.32 Å². The molecule has 3 rings (SSSR count). The summed E-state index contributed by atoms with van der Waals surface area (Å²) >= 11 is 0. The van der Waals surface area contributed by atoms with Gasteiger partial charge >= 0.3 is 6.36 Å². The lowest BCUT2D eigenvalue weighted by atomic mass is 10.2. The number of allylic oxidation sites excluding steroid dienone is 1. The molecule has 7 nitrogen and oxygen atoms in total. The molecule has 10 heteroatoms. The summed E-state index contributed by atoms with van der Waals surface area (Å²) in [4.78, 5) is 16.7. The van der Waals surface area contributed by atoms with Crippen molar-refractivity contribution in [3.63, 3.8) is 0 Å². The zero-order valence-electron chi connectivity index (χ0n) is 15.5. The number of anilines is 2. The molecule has 154 valence electrons. The van der Waals surface area contributed by atoms with Crippen LogP contribution in [-0.2, 0) is 6.54 Å². The van der Waals surface area contributed by atoms with Crippen LogP contribution < -0.4 is 15.8 Å². The standard InChI is InChI=1S/C20H17F3N6O/c21-20(22,23)30-17-5-3-16(4-6-17)29-19-8-18(27-13-28-19)15(9-24)12-26-11-14-2-1-7-25-10-14/h1-10,12-13H,11,24H2,(H,27,28,29). The number of alkyl halides is 3. The number of aliphatic imine (C=N–C) groups is 1. The van der Waals surface area contributed by atoms with Crippen molar-refractivity contribution in [2.45, 2.75) is 12.9 Å². The summed E-state index contributed by atoms with van der Waals surface area (Å²) in [6.07, 6.45) is 2.99. The predicted octanol–water partition coefficient (Wildman–Crippen LogP) is 4.08. The van der Waals surface area contributed by atoms with Crippen molar-refractivity contribution in [3.8, 4) is 5.75 Å². The first kappa shape index (κ1) is 20.8. The van der Waals surface area contributed by atoms with Crippen LogP contribution in [0.15, 0.2) is 72.4 Å². The minimum absolute atomic E-state index is 0.311. The summed E-state index contributed by atoms with van der Waals surface area (Å²) in [5, 5.41) is 2.99. The van der Waals surface area contributed by atoms with Gasteiger partial charge in [0.15, 0.2) is 0 Å². The van der Waals surface area contributed by atoms with Gasteiger partial charge in [0.25, 0.3) is 0 Å². The van der Waals surface area contributed by atoms with E-state index in [0.29, 0.717) is 29.3 Å². The molecule has 30 heavy (non-hydrogen) atoms. The number of ether oxygens (including phenoxy) is 1. The Kier molecular flexibility index (Phi) is 6.58. The molecule has 2 heterocycles. The molecule has 0 aliphatic carbocycles. The molecule has 1 aromatic carbocycles. The molecule has 0 unspecified atom stereocenters. The largest absolute Gasteiger partial charge is 0.573 e. The SMILES string of the molecule is NC=C(C=NCc1cccnc1)c1cc(Nc2ccc(OC(F)(F)F)cc2)ncn1. The highest BCUT2D eigenvalue weighted by molar-refractivity contribution is 6.09. The number of pyridine rings is 1. The van der Waals surface area contributed by atoms with E-state index in [4.69, 9.17) is 5.73 Å². The van der Waals surface area contributed by atoms with Gasteiger partial charge in [-0.2, -0.15) is 0 Å². The van der Waals surface area contributed by atoms with Crippen molar-refractivity contribution in [2.24, 2.45) is 10.7 Å². The van der Waals surface area contributed by atoms with Gasteiger partial charge < -0.3 is 15.8 Å². The van der Waals surface area contributed by atoms with Crippen molar-refractivity contribution >= 4 is 23.3 Å². The molecular formula is C20H17F3N6O. The van der Waals surface area contributed by atoms with Gasteiger partial charge in [-0.05, 0) is 35.9 Å². The summed E-state index contributed by atoms with van der Waals surface area (Å²) in [7, 11) is 0. The summed E-state index contributed by atoms with van der Waals surface area (Å²) in [6.45, 7) is 0.438. The first-order valence-corrected chi connectivity index (χ1v) is 8.69. The summed E-state index contributed by atoms with van der Waals surface area (Å²) in [5.74, 6) is 0.124. The predicted molar refractivity (Wildman–Crippen MR) is 107 cm³/mol. The molecule has 0 atom stereocenters. The van der Waals surface area contributed by atoms with Gasteiger partial charge in [-0.3, -0.25) is 9.98 Å². The number of hydrogen-bond donors (Lipinski definition) is 2. The fraction of sp³-hybridized carbons (Fsp3) is 0.100. The van der Waals surface area contributed by atoms with E-state index >= 15 is 0 Å². The van der Waals surface area contributed by atoms with E-state index in [1.54, 1.807) is 24.7 Å². The normalized spacial score (nSPS) is 12.2. The number of rotatable bonds is 7. The summed E-state index contributed by atoms with van der Waals surface area (Å²) in [5.41, 5.74) is 8.29.